The molecule has 1 aliphatic heterocycles. The zero-order chi connectivity index (χ0) is 16.6. The summed E-state index contributed by atoms with van der Waals surface area (Å²) in [4.78, 5) is 6.61. The predicted octanol–water partition coefficient (Wildman–Crippen LogP) is 2.58. The maximum Gasteiger partial charge on any atom is 0.226 e. The van der Waals surface area contributed by atoms with Gasteiger partial charge in [-0.2, -0.15) is 0 Å². The molecule has 0 saturated carbocycles. The first-order valence-electron chi connectivity index (χ1n) is 7.77. The Morgan fingerprint density at radius 3 is 2.78 bits per heavy atom. The molecule has 0 radical (unpaired) electrons. The van der Waals surface area contributed by atoms with Crippen molar-refractivity contribution in [1.29, 1.82) is 0 Å². The van der Waals surface area contributed by atoms with E-state index in [0.29, 0.717) is 18.9 Å². The second kappa shape index (κ2) is 6.09. The topological polar surface area (TPSA) is 63.4 Å². The van der Waals surface area contributed by atoms with E-state index in [4.69, 9.17) is 4.42 Å². The van der Waals surface area contributed by atoms with Gasteiger partial charge in [-0.05, 0) is 38.9 Å². The van der Waals surface area contributed by atoms with Gasteiger partial charge in [0.2, 0.25) is 5.89 Å². The van der Waals surface area contributed by atoms with Crippen LogP contribution in [0.25, 0.3) is 11.5 Å². The molecule has 1 aromatic carbocycles. The Morgan fingerprint density at radius 2 is 2.13 bits per heavy atom. The van der Waals surface area contributed by atoms with Gasteiger partial charge in [0.05, 0.1) is 17.2 Å². The molecule has 6 heteroatoms. The Morgan fingerprint density at radius 1 is 1.35 bits per heavy atom. The number of oxazole rings is 1. The highest BCUT2D eigenvalue weighted by molar-refractivity contribution is 7.91. The summed E-state index contributed by atoms with van der Waals surface area (Å²) in [5.41, 5.74) is 4.16. The van der Waals surface area contributed by atoms with Gasteiger partial charge in [-0.15, -0.1) is 0 Å². The molecule has 0 spiro atoms. The zero-order valence-electron chi connectivity index (χ0n) is 13.7. The average molecular weight is 334 g/mol. The van der Waals surface area contributed by atoms with Crippen LogP contribution in [0.4, 0.5) is 0 Å². The second-order valence-electron chi connectivity index (χ2n) is 6.43. The second-order valence-corrected chi connectivity index (χ2v) is 8.66. The third kappa shape index (κ3) is 3.64. The van der Waals surface area contributed by atoms with Crippen molar-refractivity contribution in [3.8, 4) is 11.5 Å². The number of rotatable bonds is 4. The minimum atomic E-state index is -2.87. The molecule has 2 heterocycles. The van der Waals surface area contributed by atoms with Gasteiger partial charge in [-0.1, -0.05) is 17.7 Å². The Balaban J connectivity index is 1.72. The third-order valence-electron chi connectivity index (χ3n) is 4.41. The standard InChI is InChI=1S/C17H22N2O3S/c1-12-4-5-16(13(2)8-12)17-18-14(10-22-17)9-19(3)15-6-7-23(20,21)11-15/h4-5,8,10,15H,6-7,9,11H2,1-3H3. The first-order valence-corrected chi connectivity index (χ1v) is 9.59. The van der Waals surface area contributed by atoms with Gasteiger partial charge in [-0.25, -0.2) is 13.4 Å². The number of sulfone groups is 1. The van der Waals surface area contributed by atoms with Crippen molar-refractivity contribution >= 4 is 9.84 Å². The number of aryl methyl sites for hydroxylation is 2. The van der Waals surface area contributed by atoms with Crippen LogP contribution >= 0.6 is 0 Å². The van der Waals surface area contributed by atoms with Crippen LogP contribution in [0.5, 0.6) is 0 Å². The maximum atomic E-state index is 11.6. The van der Waals surface area contributed by atoms with Crippen molar-refractivity contribution in [3.63, 3.8) is 0 Å². The summed E-state index contributed by atoms with van der Waals surface area (Å²) in [5, 5.41) is 0. The Hall–Kier alpha value is -1.66. The Bertz CT molecular complexity index is 811. The van der Waals surface area contributed by atoms with Crippen LogP contribution in [0.2, 0.25) is 0 Å². The molecule has 1 aliphatic rings. The lowest BCUT2D eigenvalue weighted by atomic mass is 10.1. The Labute approximate surface area is 137 Å². The van der Waals surface area contributed by atoms with E-state index >= 15 is 0 Å². The summed E-state index contributed by atoms with van der Waals surface area (Å²) in [6.45, 7) is 4.69. The van der Waals surface area contributed by atoms with Crippen LogP contribution in [-0.2, 0) is 16.4 Å². The van der Waals surface area contributed by atoms with E-state index in [2.05, 4.69) is 18.0 Å². The van der Waals surface area contributed by atoms with Crippen LogP contribution < -0.4 is 0 Å². The summed E-state index contributed by atoms with van der Waals surface area (Å²) < 4.78 is 28.8. The van der Waals surface area contributed by atoms with Crippen molar-refractivity contribution in [2.24, 2.45) is 0 Å². The smallest absolute Gasteiger partial charge is 0.226 e. The lowest BCUT2D eigenvalue weighted by molar-refractivity contribution is 0.251. The van der Waals surface area contributed by atoms with Gasteiger partial charge in [-0.3, -0.25) is 4.90 Å². The Kier molecular flexibility index (Phi) is 4.29. The van der Waals surface area contributed by atoms with E-state index in [0.717, 1.165) is 16.8 Å². The summed E-state index contributed by atoms with van der Waals surface area (Å²) >= 11 is 0. The lowest BCUT2D eigenvalue weighted by Gasteiger charge is -2.21. The van der Waals surface area contributed by atoms with E-state index < -0.39 is 9.84 Å². The van der Waals surface area contributed by atoms with E-state index in [1.807, 2.05) is 31.0 Å². The summed E-state index contributed by atoms with van der Waals surface area (Å²) in [6.07, 6.45) is 2.36. The number of nitrogens with zero attached hydrogens (tertiary/aromatic N) is 2. The molecular formula is C17H22N2O3S. The molecule has 124 valence electrons. The quantitative estimate of drug-likeness (QED) is 0.860. The van der Waals surface area contributed by atoms with Gasteiger partial charge in [0.25, 0.3) is 0 Å². The molecule has 0 N–H and O–H groups in total. The van der Waals surface area contributed by atoms with Crippen LogP contribution in [-0.4, -0.2) is 42.9 Å². The van der Waals surface area contributed by atoms with Gasteiger partial charge < -0.3 is 4.42 Å². The highest BCUT2D eigenvalue weighted by atomic mass is 32.2. The van der Waals surface area contributed by atoms with E-state index in [1.165, 1.54) is 5.56 Å². The number of hydrogen-bond acceptors (Lipinski definition) is 5. The molecule has 1 fully saturated rings. The highest BCUT2D eigenvalue weighted by Gasteiger charge is 2.30. The molecule has 23 heavy (non-hydrogen) atoms. The van der Waals surface area contributed by atoms with E-state index in [9.17, 15) is 8.42 Å². The minimum Gasteiger partial charge on any atom is -0.444 e. The van der Waals surface area contributed by atoms with Crippen LogP contribution in [0.3, 0.4) is 0 Å². The molecule has 2 aromatic rings. The average Bonchev–Trinajstić information content (AvgIpc) is 3.05. The van der Waals surface area contributed by atoms with Gasteiger partial charge in [0.1, 0.15) is 6.26 Å². The first kappa shape index (κ1) is 16.2. The fourth-order valence-electron chi connectivity index (χ4n) is 3.06. The summed E-state index contributed by atoms with van der Waals surface area (Å²) in [5.74, 6) is 1.14. The SMILES string of the molecule is Cc1ccc(-c2nc(CN(C)C3CCS(=O)(=O)C3)co2)c(C)c1. The lowest BCUT2D eigenvalue weighted by Crippen LogP contribution is -2.32. The highest BCUT2D eigenvalue weighted by Crippen LogP contribution is 2.24. The monoisotopic (exact) mass is 334 g/mol. The predicted molar refractivity (Wildman–Crippen MR) is 89.9 cm³/mol. The molecule has 1 atom stereocenters. The molecule has 5 nitrogen and oxygen atoms in total. The van der Waals surface area contributed by atoms with Gasteiger partial charge in [0.15, 0.2) is 9.84 Å². The fourth-order valence-corrected chi connectivity index (χ4v) is 4.87. The largest absolute Gasteiger partial charge is 0.444 e. The molecule has 0 bridgehead atoms. The number of aromatic nitrogens is 1. The van der Waals surface area contributed by atoms with Crippen LogP contribution in [0.15, 0.2) is 28.9 Å². The van der Waals surface area contributed by atoms with E-state index in [-0.39, 0.29) is 17.5 Å². The van der Waals surface area contributed by atoms with Crippen molar-refractivity contribution < 1.29 is 12.8 Å². The summed E-state index contributed by atoms with van der Waals surface area (Å²) in [6, 6.07) is 6.24. The first-order chi connectivity index (χ1) is 10.8. The molecule has 0 aliphatic carbocycles. The van der Waals surface area contributed by atoms with Crippen LogP contribution in [0.1, 0.15) is 23.2 Å². The van der Waals surface area contributed by atoms with E-state index in [1.54, 1.807) is 6.26 Å². The fraction of sp³-hybridized carbons (Fsp3) is 0.471. The van der Waals surface area contributed by atoms with Crippen molar-refractivity contribution in [2.75, 3.05) is 18.6 Å². The van der Waals surface area contributed by atoms with Gasteiger partial charge in [0, 0.05) is 18.2 Å². The molecule has 1 unspecified atom stereocenters. The number of hydrogen-bond donors (Lipinski definition) is 0. The maximum absolute atomic E-state index is 11.6. The zero-order valence-corrected chi connectivity index (χ0v) is 14.6. The number of benzene rings is 1. The van der Waals surface area contributed by atoms with Crippen molar-refractivity contribution in [3.05, 3.63) is 41.3 Å². The van der Waals surface area contributed by atoms with Crippen LogP contribution in [0, 0.1) is 13.8 Å². The van der Waals surface area contributed by atoms with Crippen molar-refractivity contribution in [1.82, 2.24) is 9.88 Å². The molecular weight excluding hydrogens is 312 g/mol. The molecule has 1 saturated heterocycles. The third-order valence-corrected chi connectivity index (χ3v) is 6.16. The minimum absolute atomic E-state index is 0.0706. The molecule has 3 rings (SSSR count). The molecule has 1 aromatic heterocycles. The molecule has 0 amide bonds. The van der Waals surface area contributed by atoms with Crippen molar-refractivity contribution in [2.45, 2.75) is 32.9 Å². The normalized spacial score (nSPS) is 20.3. The van der Waals surface area contributed by atoms with Gasteiger partial charge >= 0.3 is 0 Å². The summed E-state index contributed by atoms with van der Waals surface area (Å²) in [7, 11) is -0.924.